The van der Waals surface area contributed by atoms with Crippen molar-refractivity contribution in [1.29, 1.82) is 0 Å². The van der Waals surface area contributed by atoms with E-state index in [0.717, 1.165) is 19.6 Å². The zero-order valence-corrected chi connectivity index (χ0v) is 13.1. The van der Waals surface area contributed by atoms with Crippen LogP contribution in [0.1, 0.15) is 30.8 Å². The van der Waals surface area contributed by atoms with Gasteiger partial charge in [-0.25, -0.2) is 0 Å². The highest BCUT2D eigenvalue weighted by Gasteiger charge is 2.18. The summed E-state index contributed by atoms with van der Waals surface area (Å²) in [5.41, 5.74) is 4.42. The third-order valence-corrected chi connectivity index (χ3v) is 3.54. The predicted octanol–water partition coefficient (Wildman–Crippen LogP) is 2.32. The molecule has 3 heteroatoms. The summed E-state index contributed by atoms with van der Waals surface area (Å²) in [5, 5.41) is 3.59. The average Bonchev–Trinajstić information content (AvgIpc) is 2.44. The quantitative estimate of drug-likeness (QED) is 0.837. The molecule has 3 nitrogen and oxygen atoms in total. The molecule has 0 atom stereocenters. The second-order valence-electron chi connectivity index (χ2n) is 6.46. The lowest BCUT2D eigenvalue weighted by atomic mass is 9.93. The van der Waals surface area contributed by atoms with E-state index < -0.39 is 0 Å². The maximum absolute atomic E-state index is 3.59. The third kappa shape index (κ3) is 4.14. The van der Waals surface area contributed by atoms with Crippen LogP contribution in [0.2, 0.25) is 0 Å². The molecule has 0 saturated heterocycles. The highest BCUT2D eigenvalue weighted by molar-refractivity contribution is 5.26. The zero-order valence-electron chi connectivity index (χ0n) is 13.1. The Morgan fingerprint density at radius 3 is 2.33 bits per heavy atom. The molecule has 0 aliphatic rings. The van der Waals surface area contributed by atoms with E-state index in [9.17, 15) is 0 Å². The largest absolute Gasteiger partial charge is 0.352 e. The fourth-order valence-electron chi connectivity index (χ4n) is 2.56. The number of aromatic nitrogens is 1. The van der Waals surface area contributed by atoms with Crippen molar-refractivity contribution < 1.29 is 0 Å². The fourth-order valence-corrected chi connectivity index (χ4v) is 2.56. The van der Waals surface area contributed by atoms with Crippen molar-refractivity contribution in [3.8, 4) is 0 Å². The van der Waals surface area contributed by atoms with Gasteiger partial charge in [0.2, 0.25) is 0 Å². The highest BCUT2D eigenvalue weighted by Crippen LogP contribution is 2.16. The summed E-state index contributed by atoms with van der Waals surface area (Å²) >= 11 is 0. The molecule has 0 aromatic carbocycles. The van der Waals surface area contributed by atoms with E-state index in [-0.39, 0.29) is 0 Å². The molecule has 0 amide bonds. The summed E-state index contributed by atoms with van der Waals surface area (Å²) in [7, 11) is 6.39. The van der Waals surface area contributed by atoms with Crippen LogP contribution in [0.15, 0.2) is 6.07 Å². The molecular weight excluding hydrogens is 222 g/mol. The Morgan fingerprint density at radius 1 is 1.28 bits per heavy atom. The molecule has 104 valence electrons. The smallest absolute Gasteiger partial charge is 0.0223 e. The number of nitrogens with zero attached hydrogens (tertiary/aromatic N) is 2. The molecule has 0 radical (unpaired) electrons. The molecule has 0 spiro atoms. The van der Waals surface area contributed by atoms with Gasteiger partial charge in [0.05, 0.1) is 0 Å². The average molecular weight is 251 g/mol. The van der Waals surface area contributed by atoms with Gasteiger partial charge in [-0.3, -0.25) is 0 Å². The Labute approximate surface area is 112 Å². The molecule has 18 heavy (non-hydrogen) atoms. The van der Waals surface area contributed by atoms with Crippen LogP contribution in [-0.4, -0.2) is 36.7 Å². The van der Waals surface area contributed by atoms with Crippen LogP contribution in [0.25, 0.3) is 0 Å². The van der Waals surface area contributed by atoms with E-state index >= 15 is 0 Å². The Morgan fingerprint density at radius 2 is 1.89 bits per heavy atom. The van der Waals surface area contributed by atoms with Crippen LogP contribution in [0.3, 0.4) is 0 Å². The van der Waals surface area contributed by atoms with Crippen molar-refractivity contribution in [3.05, 3.63) is 23.0 Å². The summed E-state index contributed by atoms with van der Waals surface area (Å²) in [6.45, 7) is 12.1. The van der Waals surface area contributed by atoms with Gasteiger partial charge in [0, 0.05) is 38.1 Å². The van der Waals surface area contributed by atoms with Crippen LogP contribution in [0, 0.1) is 19.3 Å². The summed E-state index contributed by atoms with van der Waals surface area (Å²) in [6, 6.07) is 2.28. The predicted molar refractivity (Wildman–Crippen MR) is 78.9 cm³/mol. The Hall–Kier alpha value is -0.800. The van der Waals surface area contributed by atoms with Gasteiger partial charge in [-0.2, -0.15) is 0 Å². The molecule has 0 unspecified atom stereocenters. The van der Waals surface area contributed by atoms with Crippen LogP contribution in [0.4, 0.5) is 0 Å². The minimum Gasteiger partial charge on any atom is -0.352 e. The minimum atomic E-state index is 0.307. The van der Waals surface area contributed by atoms with Gasteiger partial charge in [0.15, 0.2) is 0 Å². The van der Waals surface area contributed by atoms with Crippen molar-refractivity contribution in [2.45, 2.75) is 34.2 Å². The first-order valence-corrected chi connectivity index (χ1v) is 6.70. The summed E-state index contributed by atoms with van der Waals surface area (Å²) in [6.07, 6.45) is 0. The minimum absolute atomic E-state index is 0.307. The molecule has 0 bridgehead atoms. The second-order valence-corrected chi connectivity index (χ2v) is 6.46. The van der Waals surface area contributed by atoms with E-state index in [1.807, 2.05) is 0 Å². The molecule has 1 aromatic rings. The van der Waals surface area contributed by atoms with E-state index in [2.05, 4.69) is 69.7 Å². The van der Waals surface area contributed by atoms with E-state index in [1.54, 1.807) is 0 Å². The monoisotopic (exact) mass is 251 g/mol. The lowest BCUT2D eigenvalue weighted by Crippen LogP contribution is -2.37. The number of hydrogen-bond acceptors (Lipinski definition) is 2. The fraction of sp³-hybridized carbons (Fsp3) is 0.733. The first kappa shape index (κ1) is 15.3. The van der Waals surface area contributed by atoms with Gasteiger partial charge < -0.3 is 14.8 Å². The SMILES string of the molecule is Cc1cc(CNCC(C)(C)CN(C)C)c(C)n1C. The van der Waals surface area contributed by atoms with Gasteiger partial charge in [-0.05, 0) is 45.0 Å². The van der Waals surface area contributed by atoms with Crippen LogP contribution < -0.4 is 5.32 Å². The van der Waals surface area contributed by atoms with Crippen molar-refractivity contribution in [1.82, 2.24) is 14.8 Å². The van der Waals surface area contributed by atoms with Crippen molar-refractivity contribution >= 4 is 0 Å². The lowest BCUT2D eigenvalue weighted by Gasteiger charge is -2.28. The van der Waals surface area contributed by atoms with Crippen LogP contribution in [0.5, 0.6) is 0 Å². The molecule has 0 saturated carbocycles. The summed E-state index contributed by atoms with van der Waals surface area (Å²) in [4.78, 5) is 2.25. The Balaban J connectivity index is 2.49. The first-order chi connectivity index (χ1) is 8.23. The van der Waals surface area contributed by atoms with Gasteiger partial charge in [-0.15, -0.1) is 0 Å². The molecule has 1 rings (SSSR count). The maximum atomic E-state index is 3.59. The molecule has 0 aliphatic carbocycles. The van der Waals surface area contributed by atoms with Crippen LogP contribution >= 0.6 is 0 Å². The third-order valence-electron chi connectivity index (χ3n) is 3.54. The number of rotatable bonds is 6. The molecular formula is C15H29N3. The van der Waals surface area contributed by atoms with E-state index in [1.165, 1.54) is 17.0 Å². The van der Waals surface area contributed by atoms with Gasteiger partial charge >= 0.3 is 0 Å². The molecule has 1 aromatic heterocycles. The molecule has 1 heterocycles. The lowest BCUT2D eigenvalue weighted by molar-refractivity contribution is 0.232. The Kier molecular flexibility index (Phi) is 5.00. The number of nitrogens with one attached hydrogen (secondary N) is 1. The summed E-state index contributed by atoms with van der Waals surface area (Å²) in [5.74, 6) is 0. The van der Waals surface area contributed by atoms with Crippen LogP contribution in [-0.2, 0) is 13.6 Å². The first-order valence-electron chi connectivity index (χ1n) is 6.70. The highest BCUT2D eigenvalue weighted by atomic mass is 15.1. The Bertz CT molecular complexity index is 389. The van der Waals surface area contributed by atoms with E-state index in [0.29, 0.717) is 5.41 Å². The standard InChI is InChI=1S/C15H29N3/c1-12-8-14(13(2)18(12)7)9-16-10-15(3,4)11-17(5)6/h8,16H,9-11H2,1-7H3. The molecule has 0 fully saturated rings. The molecule has 0 aliphatic heterocycles. The van der Waals surface area contributed by atoms with Crippen molar-refractivity contribution in [3.63, 3.8) is 0 Å². The van der Waals surface area contributed by atoms with Gasteiger partial charge in [0.25, 0.3) is 0 Å². The number of aryl methyl sites for hydroxylation is 1. The topological polar surface area (TPSA) is 20.2 Å². The van der Waals surface area contributed by atoms with Gasteiger partial charge in [-0.1, -0.05) is 13.8 Å². The van der Waals surface area contributed by atoms with Crippen molar-refractivity contribution in [2.75, 3.05) is 27.2 Å². The number of hydrogen-bond donors (Lipinski definition) is 1. The second kappa shape index (κ2) is 5.89. The van der Waals surface area contributed by atoms with Crippen molar-refractivity contribution in [2.24, 2.45) is 12.5 Å². The van der Waals surface area contributed by atoms with E-state index in [4.69, 9.17) is 0 Å². The summed E-state index contributed by atoms with van der Waals surface area (Å²) < 4.78 is 2.25. The molecule has 1 N–H and O–H groups in total. The zero-order chi connectivity index (χ0) is 13.9. The maximum Gasteiger partial charge on any atom is 0.0223 e. The normalized spacial score (nSPS) is 12.4. The van der Waals surface area contributed by atoms with Gasteiger partial charge in [0.1, 0.15) is 0 Å².